The highest BCUT2D eigenvalue weighted by Crippen LogP contribution is 2.30. The first kappa shape index (κ1) is 15.1. The molecule has 1 atom stereocenters. The van der Waals surface area contributed by atoms with Gasteiger partial charge in [-0.2, -0.15) is 5.26 Å². The average molecular weight is 369 g/mol. The molecule has 2 rings (SSSR count). The zero-order chi connectivity index (χ0) is 14.7. The quantitative estimate of drug-likeness (QED) is 0.694. The number of nitrogens with zero attached hydrogens (tertiary/aromatic N) is 1. The molecule has 20 heavy (non-hydrogen) atoms. The van der Waals surface area contributed by atoms with Crippen molar-refractivity contribution >= 4 is 44.9 Å². The van der Waals surface area contributed by atoms with Gasteiger partial charge >= 0.3 is 0 Å². The van der Waals surface area contributed by atoms with Gasteiger partial charge in [-0.25, -0.2) is 0 Å². The minimum Gasteiger partial charge on any atom is -0.292 e. The molecule has 0 aromatic heterocycles. The molecule has 0 heterocycles. The third-order valence-electron chi connectivity index (χ3n) is 2.80. The van der Waals surface area contributed by atoms with Crippen LogP contribution in [0.2, 0.25) is 10.0 Å². The zero-order valence-electron chi connectivity index (χ0n) is 10.1. The summed E-state index contributed by atoms with van der Waals surface area (Å²) in [6.45, 7) is 0. The molecule has 1 unspecified atom stereocenters. The maximum atomic E-state index is 12.5. The maximum absolute atomic E-state index is 12.5. The lowest BCUT2D eigenvalue weighted by atomic mass is 9.92. The summed E-state index contributed by atoms with van der Waals surface area (Å²) < 4.78 is 0.558. The lowest BCUT2D eigenvalue weighted by molar-refractivity contribution is 0.0978. The van der Waals surface area contributed by atoms with E-state index >= 15 is 0 Å². The first-order valence-corrected chi connectivity index (χ1v) is 7.23. The van der Waals surface area contributed by atoms with Gasteiger partial charge in [0, 0.05) is 20.1 Å². The van der Waals surface area contributed by atoms with Gasteiger partial charge in [-0.3, -0.25) is 4.79 Å². The van der Waals surface area contributed by atoms with E-state index in [1.807, 2.05) is 6.07 Å². The van der Waals surface area contributed by atoms with Crippen LogP contribution in [0.1, 0.15) is 21.8 Å². The fraction of sp³-hybridized carbons (Fsp3) is 0.0667. The number of carbonyl (C=O) groups excluding carboxylic acids is 1. The average Bonchev–Trinajstić information content (AvgIpc) is 2.41. The summed E-state index contributed by atoms with van der Waals surface area (Å²) in [6, 6.07) is 13.7. The molecule has 0 spiro atoms. The first-order chi connectivity index (χ1) is 9.54. The van der Waals surface area contributed by atoms with Crippen LogP contribution in [0.25, 0.3) is 0 Å². The lowest BCUT2D eigenvalue weighted by Gasteiger charge is -2.11. The Morgan fingerprint density at radius 1 is 1.20 bits per heavy atom. The van der Waals surface area contributed by atoms with Crippen LogP contribution in [-0.2, 0) is 0 Å². The van der Waals surface area contributed by atoms with Crippen LogP contribution in [0.3, 0.4) is 0 Å². The largest absolute Gasteiger partial charge is 0.292 e. The number of ketones is 1. The molecular weight excluding hydrogens is 361 g/mol. The number of rotatable bonds is 3. The highest BCUT2D eigenvalue weighted by atomic mass is 79.9. The third kappa shape index (κ3) is 3.04. The molecule has 0 radical (unpaired) electrons. The van der Waals surface area contributed by atoms with Gasteiger partial charge in [0.1, 0.15) is 5.92 Å². The van der Waals surface area contributed by atoms with Crippen LogP contribution >= 0.6 is 39.1 Å². The minimum atomic E-state index is -0.943. The molecule has 0 N–H and O–H groups in total. The van der Waals surface area contributed by atoms with Crippen LogP contribution in [0, 0.1) is 11.3 Å². The van der Waals surface area contributed by atoms with Gasteiger partial charge in [-0.05, 0) is 45.8 Å². The Labute approximate surface area is 135 Å². The molecular formula is C15H8BrCl2NO. The van der Waals surface area contributed by atoms with Crippen molar-refractivity contribution in [2.45, 2.75) is 5.92 Å². The number of halogens is 3. The maximum Gasteiger partial charge on any atom is 0.185 e. The van der Waals surface area contributed by atoms with E-state index in [1.165, 1.54) is 0 Å². The molecule has 0 aliphatic rings. The van der Waals surface area contributed by atoms with Crippen molar-refractivity contribution in [2.75, 3.05) is 0 Å². The van der Waals surface area contributed by atoms with Gasteiger partial charge < -0.3 is 0 Å². The number of benzene rings is 2. The van der Waals surface area contributed by atoms with Crippen molar-refractivity contribution in [3.05, 3.63) is 68.1 Å². The zero-order valence-corrected chi connectivity index (χ0v) is 13.2. The normalized spacial score (nSPS) is 11.7. The Kier molecular flexibility index (Phi) is 4.82. The number of carbonyl (C=O) groups is 1. The Morgan fingerprint density at radius 3 is 2.50 bits per heavy atom. The van der Waals surface area contributed by atoms with Gasteiger partial charge in [0.2, 0.25) is 0 Å². The van der Waals surface area contributed by atoms with E-state index in [-0.39, 0.29) is 5.78 Å². The molecule has 2 nitrogen and oxygen atoms in total. The summed E-state index contributed by atoms with van der Waals surface area (Å²) in [7, 11) is 0. The van der Waals surface area contributed by atoms with E-state index in [9.17, 15) is 10.1 Å². The molecule has 0 saturated carbocycles. The highest BCUT2D eigenvalue weighted by molar-refractivity contribution is 9.10. The second kappa shape index (κ2) is 6.41. The van der Waals surface area contributed by atoms with E-state index in [0.717, 1.165) is 0 Å². The molecule has 5 heteroatoms. The Hall–Kier alpha value is -1.34. The molecule has 0 amide bonds. The summed E-state index contributed by atoms with van der Waals surface area (Å²) in [5.41, 5.74) is 0.907. The van der Waals surface area contributed by atoms with Crippen LogP contribution in [-0.4, -0.2) is 5.78 Å². The SMILES string of the molecule is N#CC(C(=O)c1ccc(Cl)cc1Br)c1ccccc1Cl. The molecule has 0 bridgehead atoms. The summed E-state index contributed by atoms with van der Waals surface area (Å²) in [5.74, 6) is -1.26. The van der Waals surface area contributed by atoms with Crippen molar-refractivity contribution < 1.29 is 4.79 Å². The molecule has 2 aromatic carbocycles. The third-order valence-corrected chi connectivity index (χ3v) is 4.04. The Morgan fingerprint density at radius 2 is 1.90 bits per heavy atom. The van der Waals surface area contributed by atoms with Crippen LogP contribution in [0.15, 0.2) is 46.9 Å². The van der Waals surface area contributed by atoms with Crippen molar-refractivity contribution in [1.29, 1.82) is 5.26 Å². The second-order valence-corrected chi connectivity index (χ2v) is 5.77. The van der Waals surface area contributed by atoms with Crippen LogP contribution in [0.4, 0.5) is 0 Å². The topological polar surface area (TPSA) is 40.9 Å². The van der Waals surface area contributed by atoms with E-state index in [4.69, 9.17) is 23.2 Å². The minimum absolute atomic E-state index is 0.316. The molecule has 100 valence electrons. The van der Waals surface area contributed by atoms with Crippen molar-refractivity contribution in [1.82, 2.24) is 0 Å². The van der Waals surface area contributed by atoms with Crippen LogP contribution < -0.4 is 0 Å². The molecule has 0 saturated heterocycles. The summed E-state index contributed by atoms with van der Waals surface area (Å²) in [6.07, 6.45) is 0. The number of hydrogen-bond acceptors (Lipinski definition) is 2. The Balaban J connectivity index is 2.45. The number of Topliss-reactive ketones (excluding diaryl/α,β-unsaturated/α-hetero) is 1. The monoisotopic (exact) mass is 367 g/mol. The van der Waals surface area contributed by atoms with E-state index in [1.54, 1.807) is 42.5 Å². The van der Waals surface area contributed by atoms with Gasteiger partial charge in [0.15, 0.2) is 5.78 Å². The number of nitriles is 1. The highest BCUT2D eigenvalue weighted by Gasteiger charge is 2.25. The summed E-state index contributed by atoms with van der Waals surface area (Å²) in [5, 5.41) is 10.2. The fourth-order valence-corrected chi connectivity index (χ4v) is 2.95. The van der Waals surface area contributed by atoms with Gasteiger partial charge in [0.25, 0.3) is 0 Å². The van der Waals surface area contributed by atoms with Gasteiger partial charge in [0.05, 0.1) is 6.07 Å². The second-order valence-electron chi connectivity index (χ2n) is 4.07. The first-order valence-electron chi connectivity index (χ1n) is 5.68. The predicted molar refractivity (Wildman–Crippen MR) is 83.3 cm³/mol. The smallest absolute Gasteiger partial charge is 0.185 e. The van der Waals surface area contributed by atoms with Gasteiger partial charge in [-0.15, -0.1) is 0 Å². The number of hydrogen-bond donors (Lipinski definition) is 0. The lowest BCUT2D eigenvalue weighted by Crippen LogP contribution is -2.12. The van der Waals surface area contributed by atoms with Crippen molar-refractivity contribution in [3.63, 3.8) is 0 Å². The predicted octanol–water partition coefficient (Wildman–Crippen LogP) is 5.25. The molecule has 0 fully saturated rings. The van der Waals surface area contributed by atoms with E-state index in [0.29, 0.717) is 25.6 Å². The van der Waals surface area contributed by atoms with Crippen molar-refractivity contribution in [3.8, 4) is 6.07 Å². The van der Waals surface area contributed by atoms with E-state index < -0.39 is 5.92 Å². The van der Waals surface area contributed by atoms with Crippen LogP contribution in [0.5, 0.6) is 0 Å². The van der Waals surface area contributed by atoms with Crippen molar-refractivity contribution in [2.24, 2.45) is 0 Å². The summed E-state index contributed by atoms with van der Waals surface area (Å²) >= 11 is 15.2. The summed E-state index contributed by atoms with van der Waals surface area (Å²) in [4.78, 5) is 12.5. The molecule has 2 aromatic rings. The van der Waals surface area contributed by atoms with E-state index in [2.05, 4.69) is 15.9 Å². The Bertz CT molecular complexity index is 709. The fourth-order valence-electron chi connectivity index (χ4n) is 1.82. The van der Waals surface area contributed by atoms with Gasteiger partial charge in [-0.1, -0.05) is 41.4 Å². The standard InChI is InChI=1S/C15H8BrCl2NO/c16-13-7-9(17)5-6-11(13)15(20)12(8-19)10-3-1-2-4-14(10)18/h1-7,12H. The molecule has 0 aliphatic heterocycles. The molecule has 0 aliphatic carbocycles.